The lowest BCUT2D eigenvalue weighted by Crippen LogP contribution is -2.39. The molecule has 0 saturated carbocycles. The van der Waals surface area contributed by atoms with Gasteiger partial charge in [0.2, 0.25) is 0 Å². The maximum atomic E-state index is 6.00. The largest absolute Gasteiger partial charge is 0.387 e. The number of aliphatic imine (C=N–C) groups is 1. The van der Waals surface area contributed by atoms with Gasteiger partial charge < -0.3 is 10.6 Å². The van der Waals surface area contributed by atoms with E-state index in [1.54, 1.807) is 0 Å². The Labute approximate surface area is 93.7 Å². The summed E-state index contributed by atoms with van der Waals surface area (Å²) in [7, 11) is 0. The molecule has 0 spiro atoms. The number of nitrogens with two attached hydrogens (primary N) is 1. The minimum Gasteiger partial charge on any atom is -0.387 e. The number of amidine groups is 1. The van der Waals surface area contributed by atoms with Gasteiger partial charge in [-0.2, -0.15) is 0 Å². The number of hydrogen-bond acceptors (Lipinski definition) is 2. The minimum absolute atomic E-state index is 0.00842. The Hall–Kier alpha value is -0.570. The fraction of sp³-hybridized carbons (Fsp3) is 0.917. The Balaban J connectivity index is 2.57. The molecule has 2 N–H and O–H groups in total. The maximum absolute atomic E-state index is 6.00. The molecule has 1 unspecified atom stereocenters. The van der Waals surface area contributed by atoms with Gasteiger partial charge in [0.15, 0.2) is 0 Å². The van der Waals surface area contributed by atoms with E-state index >= 15 is 0 Å². The maximum Gasteiger partial charge on any atom is 0.0995 e. The van der Waals surface area contributed by atoms with Crippen molar-refractivity contribution in [3.05, 3.63) is 0 Å². The van der Waals surface area contributed by atoms with Crippen LogP contribution in [0.5, 0.6) is 0 Å². The summed E-state index contributed by atoms with van der Waals surface area (Å²) in [4.78, 5) is 7.11. The molecule has 1 rings (SSSR count). The van der Waals surface area contributed by atoms with Crippen LogP contribution in [0.3, 0.4) is 0 Å². The van der Waals surface area contributed by atoms with Crippen molar-refractivity contribution in [2.45, 2.75) is 46.6 Å². The molecular formula is C12H25N3. The van der Waals surface area contributed by atoms with Gasteiger partial charge in [-0.25, -0.2) is 0 Å². The van der Waals surface area contributed by atoms with Gasteiger partial charge in [0.1, 0.15) is 0 Å². The molecule has 1 aliphatic rings. The first-order chi connectivity index (χ1) is 6.93. The van der Waals surface area contributed by atoms with Crippen LogP contribution in [0.2, 0.25) is 0 Å². The number of hydrogen-bond donors (Lipinski definition) is 1. The highest BCUT2D eigenvalue weighted by Gasteiger charge is 2.21. The molecule has 0 aromatic carbocycles. The highest BCUT2D eigenvalue weighted by Crippen LogP contribution is 2.17. The molecule has 1 fully saturated rings. The zero-order valence-corrected chi connectivity index (χ0v) is 10.6. The van der Waals surface area contributed by atoms with Gasteiger partial charge in [-0.15, -0.1) is 0 Å². The Morgan fingerprint density at radius 3 is 2.67 bits per heavy atom. The fourth-order valence-corrected chi connectivity index (χ4v) is 1.81. The molecule has 88 valence electrons. The molecule has 3 nitrogen and oxygen atoms in total. The van der Waals surface area contributed by atoms with Crippen molar-refractivity contribution < 1.29 is 0 Å². The number of piperidine rings is 1. The van der Waals surface area contributed by atoms with E-state index in [4.69, 9.17) is 5.73 Å². The topological polar surface area (TPSA) is 41.6 Å². The molecule has 1 aliphatic heterocycles. The van der Waals surface area contributed by atoms with Crippen molar-refractivity contribution in [2.24, 2.45) is 16.1 Å². The van der Waals surface area contributed by atoms with Crippen LogP contribution in [0.15, 0.2) is 4.99 Å². The zero-order chi connectivity index (χ0) is 11.5. The molecular weight excluding hydrogens is 186 g/mol. The van der Waals surface area contributed by atoms with E-state index in [9.17, 15) is 0 Å². The molecule has 0 bridgehead atoms. The Bertz CT molecular complexity index is 228. The van der Waals surface area contributed by atoms with Crippen LogP contribution in [-0.4, -0.2) is 36.4 Å². The van der Waals surface area contributed by atoms with Crippen LogP contribution in [-0.2, 0) is 0 Å². The van der Waals surface area contributed by atoms with Gasteiger partial charge in [-0.05, 0) is 25.9 Å². The summed E-state index contributed by atoms with van der Waals surface area (Å²) >= 11 is 0. The van der Waals surface area contributed by atoms with E-state index in [1.165, 1.54) is 19.4 Å². The normalized spacial score (nSPS) is 25.6. The predicted molar refractivity (Wildman–Crippen MR) is 66.2 cm³/mol. The predicted octanol–water partition coefficient (Wildman–Crippen LogP) is 1.87. The van der Waals surface area contributed by atoms with Gasteiger partial charge in [0.25, 0.3) is 0 Å². The molecule has 3 heteroatoms. The highest BCUT2D eigenvalue weighted by molar-refractivity contribution is 5.85. The summed E-state index contributed by atoms with van der Waals surface area (Å²) in [5.41, 5.74) is 6.01. The molecule has 1 heterocycles. The number of rotatable bonds is 2. The average Bonchev–Trinajstić information content (AvgIpc) is 2.16. The molecule has 1 saturated heterocycles. The first-order valence-corrected chi connectivity index (χ1v) is 5.99. The van der Waals surface area contributed by atoms with E-state index in [0.29, 0.717) is 6.04 Å². The van der Waals surface area contributed by atoms with Gasteiger partial charge in [-0.3, -0.25) is 4.99 Å². The second-order valence-electron chi connectivity index (χ2n) is 5.45. The molecule has 0 radical (unpaired) electrons. The Kier molecular flexibility index (Phi) is 4.14. The number of likely N-dealkylation sites (N-methyl/N-ethyl adjacent to an activating group) is 1. The summed E-state index contributed by atoms with van der Waals surface area (Å²) in [6.45, 7) is 12.0. The SMILES string of the molecule is CCN1CCCC(N=C(N)C(C)(C)C)C1. The van der Waals surface area contributed by atoms with Gasteiger partial charge in [0, 0.05) is 12.0 Å². The number of likely N-dealkylation sites (tertiary alicyclic amines) is 1. The summed E-state index contributed by atoms with van der Waals surface area (Å²) in [5, 5.41) is 0. The lowest BCUT2D eigenvalue weighted by Gasteiger charge is -2.31. The van der Waals surface area contributed by atoms with Crippen molar-refractivity contribution >= 4 is 5.84 Å². The third-order valence-corrected chi connectivity index (χ3v) is 3.02. The van der Waals surface area contributed by atoms with Crippen LogP contribution in [0.4, 0.5) is 0 Å². The minimum atomic E-state index is 0.00842. The molecule has 0 amide bonds. The quantitative estimate of drug-likeness (QED) is 0.559. The average molecular weight is 211 g/mol. The van der Waals surface area contributed by atoms with E-state index in [-0.39, 0.29) is 5.41 Å². The van der Waals surface area contributed by atoms with E-state index in [1.807, 2.05) is 0 Å². The summed E-state index contributed by atoms with van der Waals surface area (Å²) < 4.78 is 0. The van der Waals surface area contributed by atoms with Gasteiger partial charge >= 0.3 is 0 Å². The van der Waals surface area contributed by atoms with Crippen molar-refractivity contribution in [3.8, 4) is 0 Å². The van der Waals surface area contributed by atoms with Crippen molar-refractivity contribution in [2.75, 3.05) is 19.6 Å². The Morgan fingerprint density at radius 1 is 1.47 bits per heavy atom. The molecule has 1 atom stereocenters. The first-order valence-electron chi connectivity index (χ1n) is 5.99. The van der Waals surface area contributed by atoms with E-state index < -0.39 is 0 Å². The summed E-state index contributed by atoms with van der Waals surface area (Å²) in [6.07, 6.45) is 2.44. The fourth-order valence-electron chi connectivity index (χ4n) is 1.81. The third kappa shape index (κ3) is 3.82. The first kappa shape index (κ1) is 12.5. The lowest BCUT2D eigenvalue weighted by molar-refractivity contribution is 0.219. The van der Waals surface area contributed by atoms with Gasteiger partial charge in [0.05, 0.1) is 11.9 Å². The molecule has 15 heavy (non-hydrogen) atoms. The monoisotopic (exact) mass is 211 g/mol. The number of nitrogens with zero attached hydrogens (tertiary/aromatic N) is 2. The Morgan fingerprint density at radius 2 is 2.13 bits per heavy atom. The van der Waals surface area contributed by atoms with Crippen molar-refractivity contribution in [1.29, 1.82) is 0 Å². The van der Waals surface area contributed by atoms with Crippen molar-refractivity contribution in [3.63, 3.8) is 0 Å². The highest BCUT2D eigenvalue weighted by atomic mass is 15.1. The van der Waals surface area contributed by atoms with Crippen LogP contribution >= 0.6 is 0 Å². The third-order valence-electron chi connectivity index (χ3n) is 3.02. The van der Waals surface area contributed by atoms with Crippen molar-refractivity contribution in [1.82, 2.24) is 4.90 Å². The summed E-state index contributed by atoms with van der Waals surface area (Å²) in [6, 6.07) is 0.415. The molecule has 0 aliphatic carbocycles. The smallest absolute Gasteiger partial charge is 0.0995 e. The molecule has 0 aromatic heterocycles. The molecule has 0 aromatic rings. The van der Waals surface area contributed by atoms with E-state index in [2.05, 4.69) is 37.6 Å². The van der Waals surface area contributed by atoms with Crippen LogP contribution in [0, 0.1) is 5.41 Å². The van der Waals surface area contributed by atoms with Gasteiger partial charge in [-0.1, -0.05) is 27.7 Å². The second kappa shape index (κ2) is 4.97. The van der Waals surface area contributed by atoms with Crippen LogP contribution in [0.1, 0.15) is 40.5 Å². The second-order valence-corrected chi connectivity index (χ2v) is 5.45. The van der Waals surface area contributed by atoms with Crippen LogP contribution in [0.25, 0.3) is 0 Å². The lowest BCUT2D eigenvalue weighted by atomic mass is 9.95. The standard InChI is InChI=1S/C12H25N3/c1-5-15-8-6-7-10(9-15)14-11(13)12(2,3)4/h10H,5-9H2,1-4H3,(H2,13,14). The summed E-state index contributed by atoms with van der Waals surface area (Å²) in [5.74, 6) is 0.797. The van der Waals surface area contributed by atoms with Crippen LogP contribution < -0.4 is 5.73 Å². The van der Waals surface area contributed by atoms with E-state index in [0.717, 1.165) is 18.9 Å². The zero-order valence-electron chi connectivity index (χ0n) is 10.6.